The number of nitrogens with zero attached hydrogens (tertiary/aromatic N) is 2. The molecule has 1 aromatic heterocycles. The van der Waals surface area contributed by atoms with Gasteiger partial charge in [-0.2, -0.15) is 5.26 Å². The molecule has 6 heteroatoms. The molecule has 134 valence electrons. The molecule has 0 fully saturated rings. The summed E-state index contributed by atoms with van der Waals surface area (Å²) < 4.78 is 6.71. The minimum Gasteiger partial charge on any atom is -0.438 e. The zero-order valence-electron chi connectivity index (χ0n) is 14.5. The summed E-state index contributed by atoms with van der Waals surface area (Å²) in [5, 5.41) is 11.8. The van der Waals surface area contributed by atoms with Crippen LogP contribution < -0.4 is 10.1 Å². The summed E-state index contributed by atoms with van der Waals surface area (Å²) in [4.78, 5) is 16.9. The first-order chi connectivity index (χ1) is 13.1. The summed E-state index contributed by atoms with van der Waals surface area (Å²) in [6.45, 7) is 1.88. The fourth-order valence-corrected chi connectivity index (χ4v) is 2.73. The third-order valence-corrected chi connectivity index (χ3v) is 4.46. The van der Waals surface area contributed by atoms with E-state index in [1.165, 1.54) is 0 Å². The minimum absolute atomic E-state index is 0.231. The molecule has 27 heavy (non-hydrogen) atoms. The van der Waals surface area contributed by atoms with Gasteiger partial charge in [-0.3, -0.25) is 4.79 Å². The van der Waals surface area contributed by atoms with E-state index >= 15 is 0 Å². The number of amides is 1. The Morgan fingerprint density at radius 2 is 1.85 bits per heavy atom. The number of hydrogen-bond acceptors (Lipinski definition) is 4. The molecule has 0 saturated carbocycles. The van der Waals surface area contributed by atoms with Crippen molar-refractivity contribution >= 4 is 21.8 Å². The van der Waals surface area contributed by atoms with Crippen molar-refractivity contribution in [3.63, 3.8) is 0 Å². The Labute approximate surface area is 165 Å². The Morgan fingerprint density at radius 1 is 1.15 bits per heavy atom. The first-order valence-corrected chi connectivity index (χ1v) is 9.05. The molecule has 0 aliphatic rings. The Kier molecular flexibility index (Phi) is 5.84. The predicted molar refractivity (Wildman–Crippen MR) is 105 cm³/mol. The molecule has 2 aromatic carbocycles. The van der Waals surface area contributed by atoms with Gasteiger partial charge in [-0.25, -0.2) is 4.98 Å². The van der Waals surface area contributed by atoms with Crippen molar-refractivity contribution < 1.29 is 9.53 Å². The number of aromatic nitrogens is 1. The van der Waals surface area contributed by atoms with Crippen LogP contribution in [-0.2, 0) is 0 Å². The molecule has 5 nitrogen and oxygen atoms in total. The molecule has 0 bridgehead atoms. The molecule has 3 rings (SSSR count). The van der Waals surface area contributed by atoms with Crippen LogP contribution in [0.15, 0.2) is 71.3 Å². The van der Waals surface area contributed by atoms with Crippen molar-refractivity contribution in [2.75, 3.05) is 0 Å². The lowest BCUT2D eigenvalue weighted by Gasteiger charge is -2.16. The van der Waals surface area contributed by atoms with Crippen LogP contribution in [0.25, 0.3) is 0 Å². The maximum atomic E-state index is 12.7. The molecule has 1 atom stereocenters. The maximum absolute atomic E-state index is 12.7. The number of hydrogen-bond donors (Lipinski definition) is 1. The van der Waals surface area contributed by atoms with Gasteiger partial charge in [0.2, 0.25) is 5.88 Å². The van der Waals surface area contributed by atoms with E-state index in [1.807, 2.05) is 31.2 Å². The highest BCUT2D eigenvalue weighted by Crippen LogP contribution is 2.25. The normalized spacial score (nSPS) is 11.3. The molecule has 3 aromatic rings. The summed E-state index contributed by atoms with van der Waals surface area (Å²) in [5.41, 5.74) is 1.83. The van der Waals surface area contributed by atoms with Gasteiger partial charge in [0, 0.05) is 10.7 Å². The number of carbonyl (C=O) groups excluding carboxylic acids is 1. The zero-order valence-corrected chi connectivity index (χ0v) is 16.1. The Morgan fingerprint density at radius 3 is 2.52 bits per heavy atom. The smallest absolute Gasteiger partial charge is 0.257 e. The van der Waals surface area contributed by atoms with Crippen LogP contribution >= 0.6 is 15.9 Å². The van der Waals surface area contributed by atoms with E-state index < -0.39 is 0 Å². The van der Waals surface area contributed by atoms with Gasteiger partial charge >= 0.3 is 0 Å². The van der Waals surface area contributed by atoms with Crippen LogP contribution in [0.5, 0.6) is 11.6 Å². The van der Waals surface area contributed by atoms with Gasteiger partial charge in [0.25, 0.3) is 5.91 Å². The lowest BCUT2D eigenvalue weighted by Crippen LogP contribution is -2.27. The maximum Gasteiger partial charge on any atom is 0.257 e. The van der Waals surface area contributed by atoms with Crippen molar-refractivity contribution in [1.82, 2.24) is 10.3 Å². The van der Waals surface area contributed by atoms with E-state index in [2.05, 4.69) is 32.3 Å². The zero-order chi connectivity index (χ0) is 19.2. The summed E-state index contributed by atoms with van der Waals surface area (Å²) in [7, 11) is 0. The summed E-state index contributed by atoms with van der Waals surface area (Å²) in [6, 6.07) is 19.6. The number of pyridine rings is 1. The average Bonchev–Trinajstić information content (AvgIpc) is 2.70. The van der Waals surface area contributed by atoms with Gasteiger partial charge in [0.05, 0.1) is 17.7 Å². The first-order valence-electron chi connectivity index (χ1n) is 8.26. The molecule has 0 aliphatic heterocycles. The third kappa shape index (κ3) is 4.72. The fourth-order valence-electron chi connectivity index (χ4n) is 2.46. The highest BCUT2D eigenvalue weighted by molar-refractivity contribution is 9.10. The second-order valence-corrected chi connectivity index (χ2v) is 6.76. The van der Waals surface area contributed by atoms with Crippen molar-refractivity contribution in [1.29, 1.82) is 5.26 Å². The minimum atomic E-state index is -0.285. The molecule has 1 amide bonds. The van der Waals surface area contributed by atoms with Crippen LogP contribution in [0.2, 0.25) is 0 Å². The monoisotopic (exact) mass is 421 g/mol. The van der Waals surface area contributed by atoms with E-state index in [0.717, 1.165) is 10.0 Å². The molecule has 0 aliphatic carbocycles. The number of benzene rings is 2. The largest absolute Gasteiger partial charge is 0.438 e. The standard InChI is InChI=1S/C21H16BrN3O2/c1-14(16-6-4-15(13-23)5-7-16)25-20(26)19-3-2-12-24-21(19)27-18-10-8-17(22)9-11-18/h2-12,14H,1H3,(H,25,26). The topological polar surface area (TPSA) is 75.0 Å². The summed E-state index contributed by atoms with van der Waals surface area (Å²) in [5.74, 6) is 0.544. The van der Waals surface area contributed by atoms with Gasteiger partial charge in [-0.1, -0.05) is 28.1 Å². The quantitative estimate of drug-likeness (QED) is 0.628. The van der Waals surface area contributed by atoms with Crippen molar-refractivity contribution in [2.24, 2.45) is 0 Å². The number of nitriles is 1. The van der Waals surface area contributed by atoms with Crippen molar-refractivity contribution in [3.05, 3.63) is 88.0 Å². The fraction of sp³-hybridized carbons (Fsp3) is 0.0952. The van der Waals surface area contributed by atoms with Crippen LogP contribution in [0.1, 0.15) is 34.5 Å². The lowest BCUT2D eigenvalue weighted by molar-refractivity contribution is 0.0937. The highest BCUT2D eigenvalue weighted by Gasteiger charge is 2.17. The van der Waals surface area contributed by atoms with Gasteiger partial charge in [0.15, 0.2) is 0 Å². The molecule has 1 heterocycles. The number of rotatable bonds is 5. The molecule has 1 N–H and O–H groups in total. The van der Waals surface area contributed by atoms with E-state index in [0.29, 0.717) is 16.9 Å². The first kappa shape index (κ1) is 18.6. The summed E-state index contributed by atoms with van der Waals surface area (Å²) >= 11 is 3.37. The van der Waals surface area contributed by atoms with Crippen molar-refractivity contribution in [2.45, 2.75) is 13.0 Å². The average molecular weight is 422 g/mol. The molecular weight excluding hydrogens is 406 g/mol. The lowest BCUT2D eigenvalue weighted by atomic mass is 10.1. The van der Waals surface area contributed by atoms with Gasteiger partial charge in [-0.15, -0.1) is 0 Å². The van der Waals surface area contributed by atoms with Crippen molar-refractivity contribution in [3.8, 4) is 17.7 Å². The van der Waals surface area contributed by atoms with Gasteiger partial charge < -0.3 is 10.1 Å². The molecule has 0 spiro atoms. The molecule has 1 unspecified atom stereocenters. The van der Waals surface area contributed by atoms with E-state index in [4.69, 9.17) is 10.00 Å². The van der Waals surface area contributed by atoms with E-state index in [1.54, 1.807) is 42.6 Å². The molecule has 0 saturated heterocycles. The van der Waals surface area contributed by atoms with Crippen LogP contribution in [0, 0.1) is 11.3 Å². The third-order valence-electron chi connectivity index (χ3n) is 3.93. The van der Waals surface area contributed by atoms with Crippen LogP contribution in [0.4, 0.5) is 0 Å². The predicted octanol–water partition coefficient (Wildman–Crippen LogP) is 5.00. The highest BCUT2D eigenvalue weighted by atomic mass is 79.9. The Hall–Kier alpha value is -3.17. The van der Waals surface area contributed by atoms with E-state index in [9.17, 15) is 4.79 Å². The van der Waals surface area contributed by atoms with Gasteiger partial charge in [-0.05, 0) is 61.0 Å². The molecular formula is C21H16BrN3O2. The second kappa shape index (κ2) is 8.47. The van der Waals surface area contributed by atoms with Crippen LogP contribution in [0.3, 0.4) is 0 Å². The SMILES string of the molecule is CC(NC(=O)c1cccnc1Oc1ccc(Br)cc1)c1ccc(C#N)cc1. The van der Waals surface area contributed by atoms with Crippen LogP contribution in [-0.4, -0.2) is 10.9 Å². The number of nitrogens with one attached hydrogen (secondary N) is 1. The Bertz CT molecular complexity index is 980. The molecule has 0 radical (unpaired) electrons. The second-order valence-electron chi connectivity index (χ2n) is 5.84. The number of ether oxygens (including phenoxy) is 1. The van der Waals surface area contributed by atoms with E-state index in [-0.39, 0.29) is 17.8 Å². The number of halogens is 1. The Balaban J connectivity index is 1.76. The number of carbonyl (C=O) groups is 1. The summed E-state index contributed by atoms with van der Waals surface area (Å²) in [6.07, 6.45) is 1.58. The van der Waals surface area contributed by atoms with Gasteiger partial charge in [0.1, 0.15) is 11.3 Å².